The molecule has 2 bridgehead atoms. The number of carbonyl (C=O) groups is 1. The summed E-state index contributed by atoms with van der Waals surface area (Å²) < 4.78 is 5.22. The van der Waals surface area contributed by atoms with Gasteiger partial charge in [-0.15, -0.1) is 0 Å². The van der Waals surface area contributed by atoms with Gasteiger partial charge >= 0.3 is 0 Å². The number of piperidine rings is 1. The number of nitrogens with zero attached hydrogens (tertiary/aromatic N) is 4. The Balaban J connectivity index is 1.38. The molecule has 0 aliphatic carbocycles. The van der Waals surface area contributed by atoms with Crippen molar-refractivity contribution in [1.82, 2.24) is 19.9 Å². The highest BCUT2D eigenvalue weighted by molar-refractivity contribution is 5.76. The quantitative estimate of drug-likeness (QED) is 0.812. The third-order valence-corrected chi connectivity index (χ3v) is 6.04. The highest BCUT2D eigenvalue weighted by Crippen LogP contribution is 2.29. The smallest absolute Gasteiger partial charge is 0.222 e. The van der Waals surface area contributed by atoms with Crippen LogP contribution in [0.15, 0.2) is 28.9 Å². The molecule has 3 saturated heterocycles. The molecule has 5 heterocycles. The van der Waals surface area contributed by atoms with E-state index in [0.29, 0.717) is 24.8 Å². The average Bonchev–Trinajstić information content (AvgIpc) is 2.84. The number of carbonyl (C=O) groups excluding carboxylic acids is 1. The Labute approximate surface area is 160 Å². The molecule has 0 unspecified atom stereocenters. The van der Waals surface area contributed by atoms with Crippen molar-refractivity contribution in [3.63, 3.8) is 0 Å². The van der Waals surface area contributed by atoms with Crippen LogP contribution in [0.1, 0.15) is 42.0 Å². The van der Waals surface area contributed by atoms with Crippen molar-refractivity contribution in [2.45, 2.75) is 52.1 Å². The summed E-state index contributed by atoms with van der Waals surface area (Å²) >= 11 is 0. The minimum Gasteiger partial charge on any atom is -0.361 e. The van der Waals surface area contributed by atoms with Gasteiger partial charge in [0, 0.05) is 50.4 Å². The van der Waals surface area contributed by atoms with Crippen LogP contribution >= 0.6 is 0 Å². The van der Waals surface area contributed by atoms with Gasteiger partial charge in [-0.25, -0.2) is 0 Å². The van der Waals surface area contributed by atoms with Crippen LogP contribution < -0.4 is 0 Å². The first-order valence-corrected chi connectivity index (χ1v) is 9.93. The van der Waals surface area contributed by atoms with Crippen LogP contribution in [0.4, 0.5) is 0 Å². The molecular weight excluding hydrogens is 340 g/mol. The summed E-state index contributed by atoms with van der Waals surface area (Å²) in [4.78, 5) is 22.0. The number of hydrogen-bond acceptors (Lipinski definition) is 5. The maximum Gasteiger partial charge on any atom is 0.222 e. The van der Waals surface area contributed by atoms with Gasteiger partial charge in [0.25, 0.3) is 0 Å². The Morgan fingerprint density at radius 1 is 1.22 bits per heavy atom. The van der Waals surface area contributed by atoms with E-state index in [0.717, 1.165) is 48.9 Å². The van der Waals surface area contributed by atoms with Crippen LogP contribution in [0.3, 0.4) is 0 Å². The topological polar surface area (TPSA) is 62.5 Å². The number of pyridine rings is 1. The molecule has 0 spiro atoms. The molecule has 2 atom stereocenters. The van der Waals surface area contributed by atoms with E-state index in [1.54, 1.807) is 0 Å². The third-order valence-electron chi connectivity index (χ3n) is 6.04. The van der Waals surface area contributed by atoms with Crippen molar-refractivity contribution in [3.8, 4) is 0 Å². The minimum absolute atomic E-state index is 0.256. The monoisotopic (exact) mass is 368 g/mol. The molecule has 144 valence electrons. The predicted molar refractivity (Wildman–Crippen MR) is 102 cm³/mol. The van der Waals surface area contributed by atoms with Crippen molar-refractivity contribution in [2.75, 3.05) is 19.6 Å². The molecule has 1 amide bonds. The van der Waals surface area contributed by atoms with Gasteiger partial charge < -0.3 is 9.42 Å². The molecule has 0 aromatic carbocycles. The van der Waals surface area contributed by atoms with Crippen molar-refractivity contribution in [1.29, 1.82) is 0 Å². The minimum atomic E-state index is 0.256. The van der Waals surface area contributed by atoms with Gasteiger partial charge in [-0.1, -0.05) is 11.2 Å². The molecule has 2 aromatic rings. The second-order valence-electron chi connectivity index (χ2n) is 7.95. The second kappa shape index (κ2) is 7.80. The average molecular weight is 368 g/mol. The standard InChI is InChI=1S/C21H28N4O2/c1-15-20(16(2)27-23-15)8-9-21(26)25-12-17-6-7-19(14-25)24(11-17)13-18-5-3-4-10-22-18/h3-5,10,17,19H,6-9,11-14H2,1-2H3/t17-,19-/m1/s1. The van der Waals surface area contributed by atoms with Crippen LogP contribution in [0.5, 0.6) is 0 Å². The van der Waals surface area contributed by atoms with Crippen LogP contribution in [0.25, 0.3) is 0 Å². The molecule has 0 N–H and O–H groups in total. The highest BCUT2D eigenvalue weighted by Gasteiger charge is 2.36. The summed E-state index contributed by atoms with van der Waals surface area (Å²) in [6, 6.07) is 6.53. The molecule has 6 nitrogen and oxygen atoms in total. The molecule has 0 radical (unpaired) electrons. The maximum absolute atomic E-state index is 12.9. The number of fused-ring (bicyclic) bond motifs is 4. The lowest BCUT2D eigenvalue weighted by Crippen LogP contribution is -2.44. The van der Waals surface area contributed by atoms with Crippen molar-refractivity contribution < 1.29 is 9.32 Å². The van der Waals surface area contributed by atoms with E-state index in [1.165, 1.54) is 12.8 Å². The van der Waals surface area contributed by atoms with E-state index in [2.05, 4.69) is 26.0 Å². The largest absolute Gasteiger partial charge is 0.361 e. The highest BCUT2D eigenvalue weighted by atomic mass is 16.5. The molecule has 5 rings (SSSR count). The molecule has 0 saturated carbocycles. The lowest BCUT2D eigenvalue weighted by molar-refractivity contribution is -0.131. The summed E-state index contributed by atoms with van der Waals surface area (Å²) in [7, 11) is 0. The van der Waals surface area contributed by atoms with Crippen LogP contribution in [0, 0.1) is 19.8 Å². The number of hydrogen-bond donors (Lipinski definition) is 0. The zero-order valence-corrected chi connectivity index (χ0v) is 16.2. The van der Waals surface area contributed by atoms with Gasteiger partial charge in [-0.3, -0.25) is 14.7 Å². The molecule has 6 heteroatoms. The van der Waals surface area contributed by atoms with Crippen molar-refractivity contribution >= 4 is 5.91 Å². The number of aryl methyl sites for hydroxylation is 2. The number of aromatic nitrogens is 2. The van der Waals surface area contributed by atoms with E-state index in [9.17, 15) is 4.79 Å². The fraction of sp³-hybridized carbons (Fsp3) is 0.571. The van der Waals surface area contributed by atoms with E-state index < -0.39 is 0 Å². The third kappa shape index (κ3) is 4.05. The fourth-order valence-corrected chi connectivity index (χ4v) is 4.52. The lowest BCUT2D eigenvalue weighted by atomic mass is 9.95. The van der Waals surface area contributed by atoms with Gasteiger partial charge in [-0.2, -0.15) is 0 Å². The van der Waals surface area contributed by atoms with E-state index in [1.807, 2.05) is 32.2 Å². The summed E-state index contributed by atoms with van der Waals surface area (Å²) in [5, 5.41) is 3.99. The van der Waals surface area contributed by atoms with Crippen LogP contribution in [-0.4, -0.2) is 51.5 Å². The molecule has 3 fully saturated rings. The Morgan fingerprint density at radius 3 is 2.85 bits per heavy atom. The Hall–Kier alpha value is -2.21. The predicted octanol–water partition coefficient (Wildman–Crippen LogP) is 2.74. The molecule has 2 aromatic heterocycles. The first-order valence-electron chi connectivity index (χ1n) is 9.93. The normalized spacial score (nSPS) is 22.8. The Kier molecular flexibility index (Phi) is 5.25. The summed E-state index contributed by atoms with van der Waals surface area (Å²) in [6.45, 7) is 7.52. The van der Waals surface area contributed by atoms with Crippen molar-refractivity contribution in [3.05, 3.63) is 47.1 Å². The first kappa shape index (κ1) is 18.2. The molecule has 3 aliphatic heterocycles. The van der Waals surface area contributed by atoms with Crippen LogP contribution in [0.2, 0.25) is 0 Å². The summed E-state index contributed by atoms with van der Waals surface area (Å²) in [5.41, 5.74) is 3.09. The number of rotatable bonds is 5. The summed E-state index contributed by atoms with van der Waals surface area (Å²) in [5.74, 6) is 1.65. The van der Waals surface area contributed by atoms with Gasteiger partial charge in [0.2, 0.25) is 5.91 Å². The SMILES string of the molecule is Cc1noc(C)c1CCC(=O)N1C[C@@H]2CC[C@H](C1)N(Cc1ccccn1)C2. The molecule has 27 heavy (non-hydrogen) atoms. The van der Waals surface area contributed by atoms with Gasteiger partial charge in [0.05, 0.1) is 11.4 Å². The fourth-order valence-electron chi connectivity index (χ4n) is 4.52. The first-order chi connectivity index (χ1) is 13.1. The second-order valence-corrected chi connectivity index (χ2v) is 7.95. The molecular formula is C21H28N4O2. The van der Waals surface area contributed by atoms with Gasteiger partial charge in [0.1, 0.15) is 5.76 Å². The zero-order chi connectivity index (χ0) is 18.8. The summed E-state index contributed by atoms with van der Waals surface area (Å²) in [6.07, 6.45) is 5.49. The van der Waals surface area contributed by atoms with Crippen LogP contribution in [-0.2, 0) is 17.8 Å². The molecule has 3 aliphatic rings. The van der Waals surface area contributed by atoms with Gasteiger partial charge in [-0.05, 0) is 51.2 Å². The van der Waals surface area contributed by atoms with E-state index in [-0.39, 0.29) is 5.91 Å². The van der Waals surface area contributed by atoms with E-state index >= 15 is 0 Å². The number of amides is 1. The zero-order valence-electron chi connectivity index (χ0n) is 16.2. The Bertz CT molecular complexity index is 769. The maximum atomic E-state index is 12.9. The van der Waals surface area contributed by atoms with Gasteiger partial charge in [0.15, 0.2) is 0 Å². The Morgan fingerprint density at radius 2 is 2.11 bits per heavy atom. The van der Waals surface area contributed by atoms with Crippen molar-refractivity contribution in [2.24, 2.45) is 5.92 Å². The van der Waals surface area contributed by atoms with E-state index in [4.69, 9.17) is 4.52 Å². The lowest BCUT2D eigenvalue weighted by Gasteiger charge is -2.35.